The van der Waals surface area contributed by atoms with Gasteiger partial charge in [-0.1, -0.05) is 0 Å². The Morgan fingerprint density at radius 1 is 1.65 bits per heavy atom. The first-order chi connectivity index (χ1) is 8.01. The van der Waals surface area contributed by atoms with E-state index in [2.05, 4.69) is 9.72 Å². The molecule has 0 spiro atoms. The average Bonchev–Trinajstić information content (AvgIpc) is 2.30. The molecule has 0 aromatic carbocycles. The summed E-state index contributed by atoms with van der Waals surface area (Å²) in [6.07, 6.45) is -3.09. The van der Waals surface area contributed by atoms with E-state index in [4.69, 9.17) is 5.26 Å². The predicted octanol–water partition coefficient (Wildman–Crippen LogP) is 1.75. The zero-order valence-corrected chi connectivity index (χ0v) is 8.71. The van der Waals surface area contributed by atoms with Crippen molar-refractivity contribution >= 4 is 5.97 Å². The van der Waals surface area contributed by atoms with E-state index in [1.165, 1.54) is 6.07 Å². The second-order valence-electron chi connectivity index (χ2n) is 3.02. The van der Waals surface area contributed by atoms with Crippen LogP contribution in [0.4, 0.5) is 13.2 Å². The number of rotatable bonds is 3. The highest BCUT2D eigenvalue weighted by Gasteiger charge is 2.22. The van der Waals surface area contributed by atoms with E-state index in [0.29, 0.717) is 6.20 Å². The van der Waals surface area contributed by atoms with E-state index in [9.17, 15) is 18.0 Å². The Morgan fingerprint density at radius 2 is 2.29 bits per heavy atom. The molecule has 0 fully saturated rings. The summed E-state index contributed by atoms with van der Waals surface area (Å²) < 4.78 is 42.6. The number of carbonyl (C=O) groups excluding carboxylic acids is 1. The minimum absolute atomic E-state index is 0.405. The molecule has 0 bridgehead atoms. The normalized spacial score (nSPS) is 10.1. The molecule has 0 saturated carbocycles. The lowest BCUT2D eigenvalue weighted by atomic mass is 10.1. The minimum atomic E-state index is -3.06. The van der Waals surface area contributed by atoms with E-state index in [-0.39, 0.29) is 0 Å². The van der Waals surface area contributed by atoms with Crippen molar-refractivity contribution in [2.24, 2.45) is 0 Å². The molecule has 0 N–H and O–H groups in total. The first-order valence-corrected chi connectivity index (χ1v) is 4.43. The molecule has 0 aliphatic rings. The number of halogens is 3. The molecule has 0 saturated heterocycles. The van der Waals surface area contributed by atoms with Gasteiger partial charge in [0.1, 0.15) is 17.6 Å². The third-order valence-electron chi connectivity index (χ3n) is 2.03. The summed E-state index contributed by atoms with van der Waals surface area (Å²) in [4.78, 5) is 14.3. The zero-order chi connectivity index (χ0) is 13.0. The number of pyridine rings is 1. The third-order valence-corrected chi connectivity index (χ3v) is 2.03. The summed E-state index contributed by atoms with van der Waals surface area (Å²) >= 11 is 0. The number of carbonyl (C=O) groups is 1. The number of ether oxygens (including phenoxy) is 1. The highest BCUT2D eigenvalue weighted by Crippen LogP contribution is 2.25. The van der Waals surface area contributed by atoms with Gasteiger partial charge in [0.05, 0.1) is 19.1 Å². The van der Waals surface area contributed by atoms with Crippen LogP contribution >= 0.6 is 0 Å². The predicted molar refractivity (Wildman–Crippen MR) is 49.6 cm³/mol. The van der Waals surface area contributed by atoms with Gasteiger partial charge in [0.2, 0.25) is 0 Å². The van der Waals surface area contributed by atoms with E-state index in [1.807, 2.05) is 0 Å². The average molecular weight is 244 g/mol. The van der Waals surface area contributed by atoms with Gasteiger partial charge >= 0.3 is 5.97 Å². The molecule has 4 nitrogen and oxygen atoms in total. The van der Waals surface area contributed by atoms with Crippen LogP contribution in [-0.2, 0) is 16.0 Å². The molecular formula is C10H7F3N2O2. The Hall–Kier alpha value is -2.10. The van der Waals surface area contributed by atoms with Gasteiger partial charge in [-0.3, -0.25) is 4.79 Å². The fraction of sp³-hybridized carbons (Fsp3) is 0.300. The molecule has 1 rings (SSSR count). The highest BCUT2D eigenvalue weighted by molar-refractivity contribution is 5.73. The van der Waals surface area contributed by atoms with Crippen LogP contribution in [0.2, 0.25) is 0 Å². The van der Waals surface area contributed by atoms with Crippen molar-refractivity contribution in [3.05, 3.63) is 28.8 Å². The van der Waals surface area contributed by atoms with Gasteiger partial charge < -0.3 is 4.74 Å². The van der Waals surface area contributed by atoms with Crippen molar-refractivity contribution in [3.63, 3.8) is 0 Å². The Kier molecular flexibility index (Phi) is 4.04. The van der Waals surface area contributed by atoms with Crippen molar-refractivity contribution in [2.75, 3.05) is 7.11 Å². The molecule has 17 heavy (non-hydrogen) atoms. The van der Waals surface area contributed by atoms with E-state index < -0.39 is 41.5 Å². The summed E-state index contributed by atoms with van der Waals surface area (Å²) in [5, 5.41) is 8.64. The summed E-state index contributed by atoms with van der Waals surface area (Å²) in [5.74, 6) is -2.13. The Morgan fingerprint density at radius 3 is 2.76 bits per heavy atom. The molecule has 0 aliphatic carbocycles. The molecule has 0 aliphatic heterocycles. The number of hydrogen-bond donors (Lipinski definition) is 0. The molecule has 0 atom stereocenters. The first-order valence-electron chi connectivity index (χ1n) is 4.43. The fourth-order valence-electron chi connectivity index (χ4n) is 1.17. The number of nitrogens with zero attached hydrogens (tertiary/aromatic N) is 2. The Bertz CT molecular complexity index is 483. The number of aromatic nitrogens is 1. The van der Waals surface area contributed by atoms with Crippen molar-refractivity contribution in [2.45, 2.75) is 12.8 Å². The Labute approximate surface area is 94.6 Å². The fourth-order valence-corrected chi connectivity index (χ4v) is 1.17. The smallest absolute Gasteiger partial charge is 0.310 e. The lowest BCUT2D eigenvalue weighted by molar-refractivity contribution is -0.139. The molecular weight excluding hydrogens is 237 g/mol. The topological polar surface area (TPSA) is 63.0 Å². The second-order valence-corrected chi connectivity index (χ2v) is 3.02. The largest absolute Gasteiger partial charge is 0.469 e. The van der Waals surface area contributed by atoms with Gasteiger partial charge in [0, 0.05) is 11.8 Å². The highest BCUT2D eigenvalue weighted by atomic mass is 19.3. The molecule has 1 aromatic rings. The van der Waals surface area contributed by atoms with Gasteiger partial charge in [-0.05, 0) is 0 Å². The molecule has 90 valence electrons. The number of esters is 1. The van der Waals surface area contributed by atoms with Crippen LogP contribution in [0.15, 0.2) is 6.20 Å². The van der Waals surface area contributed by atoms with Crippen LogP contribution < -0.4 is 0 Å². The first kappa shape index (κ1) is 13.0. The van der Waals surface area contributed by atoms with E-state index >= 15 is 0 Å². The van der Waals surface area contributed by atoms with Crippen molar-refractivity contribution in [3.8, 4) is 6.07 Å². The van der Waals surface area contributed by atoms with Crippen LogP contribution in [0.25, 0.3) is 0 Å². The molecule has 0 unspecified atom stereocenters. The lowest BCUT2D eigenvalue weighted by Gasteiger charge is -2.07. The maximum atomic E-state index is 13.6. The molecule has 0 amide bonds. The van der Waals surface area contributed by atoms with Crippen molar-refractivity contribution < 1.29 is 22.7 Å². The summed E-state index contributed by atoms with van der Waals surface area (Å²) in [7, 11) is 1.07. The van der Waals surface area contributed by atoms with Gasteiger partial charge in [0.15, 0.2) is 0 Å². The number of alkyl halides is 2. The van der Waals surface area contributed by atoms with E-state index in [1.54, 1.807) is 0 Å². The molecule has 1 aromatic heterocycles. The second kappa shape index (κ2) is 5.30. The quantitative estimate of drug-likeness (QED) is 0.760. The number of methoxy groups -OCH3 is 1. The van der Waals surface area contributed by atoms with Gasteiger partial charge in [0.25, 0.3) is 6.43 Å². The van der Waals surface area contributed by atoms with Crippen LogP contribution in [-0.4, -0.2) is 18.1 Å². The van der Waals surface area contributed by atoms with Gasteiger partial charge in [-0.25, -0.2) is 18.2 Å². The summed E-state index contributed by atoms with van der Waals surface area (Å²) in [5.41, 5.74) is -1.82. The summed E-state index contributed by atoms with van der Waals surface area (Å²) in [6.45, 7) is 0. The van der Waals surface area contributed by atoms with Gasteiger partial charge in [-0.2, -0.15) is 5.26 Å². The van der Waals surface area contributed by atoms with Crippen molar-refractivity contribution in [1.82, 2.24) is 4.98 Å². The van der Waals surface area contributed by atoms with Crippen LogP contribution in [0.1, 0.15) is 23.2 Å². The van der Waals surface area contributed by atoms with Crippen molar-refractivity contribution in [1.29, 1.82) is 5.26 Å². The maximum Gasteiger partial charge on any atom is 0.310 e. The van der Waals surface area contributed by atoms with Gasteiger partial charge in [-0.15, -0.1) is 0 Å². The standard InChI is InChI=1S/C10H7F3N2O2/c1-17-8(16)2-5-7(3-14)15-4-6(9(5)11)10(12)13/h4,10H,2H2,1H3. The molecule has 0 radical (unpaired) electrons. The maximum absolute atomic E-state index is 13.6. The zero-order valence-electron chi connectivity index (χ0n) is 8.71. The number of hydrogen-bond acceptors (Lipinski definition) is 4. The minimum Gasteiger partial charge on any atom is -0.469 e. The summed E-state index contributed by atoms with van der Waals surface area (Å²) in [6, 6.07) is 1.53. The molecule has 7 heteroatoms. The Balaban J connectivity index is 3.28. The van der Waals surface area contributed by atoms with Crippen LogP contribution in [0.5, 0.6) is 0 Å². The SMILES string of the molecule is COC(=O)Cc1c(C#N)ncc(C(F)F)c1F. The van der Waals surface area contributed by atoms with E-state index in [0.717, 1.165) is 7.11 Å². The third kappa shape index (κ3) is 2.72. The monoisotopic (exact) mass is 244 g/mol. The molecule has 1 heterocycles. The van der Waals surface area contributed by atoms with Crippen LogP contribution in [0, 0.1) is 17.1 Å². The van der Waals surface area contributed by atoms with Crippen LogP contribution in [0.3, 0.4) is 0 Å². The lowest BCUT2D eigenvalue weighted by Crippen LogP contribution is -2.11. The number of nitriles is 1.